The largest absolute Gasteiger partial charge is 0.444 e. The molecule has 1 aliphatic rings. The molecule has 0 aromatic carbocycles. The summed E-state index contributed by atoms with van der Waals surface area (Å²) >= 11 is 0. The first kappa shape index (κ1) is 26.9. The number of aryl methyl sites for hydroxylation is 1. The highest BCUT2D eigenvalue weighted by molar-refractivity contribution is 5.68. The second-order valence-corrected chi connectivity index (χ2v) is 10.6. The second-order valence-electron chi connectivity index (χ2n) is 10.6. The van der Waals surface area contributed by atoms with E-state index in [-0.39, 0.29) is 35.2 Å². The van der Waals surface area contributed by atoms with Crippen molar-refractivity contribution in [1.82, 2.24) is 25.1 Å². The Labute approximate surface area is 221 Å². The van der Waals surface area contributed by atoms with Crippen LogP contribution in [0.25, 0.3) is 5.69 Å². The number of hydrogen-bond acceptors (Lipinski definition) is 8. The summed E-state index contributed by atoms with van der Waals surface area (Å²) in [6.45, 7) is 9.19. The van der Waals surface area contributed by atoms with Crippen LogP contribution >= 0.6 is 0 Å². The van der Waals surface area contributed by atoms with Gasteiger partial charge in [0.25, 0.3) is 0 Å². The molecule has 3 N–H and O–H groups in total. The van der Waals surface area contributed by atoms with E-state index in [2.05, 4.69) is 31.0 Å². The minimum Gasteiger partial charge on any atom is -0.444 e. The molecule has 1 amide bonds. The van der Waals surface area contributed by atoms with Gasteiger partial charge >= 0.3 is 6.09 Å². The summed E-state index contributed by atoms with van der Waals surface area (Å²) in [5, 5.41) is 23.1. The smallest absolute Gasteiger partial charge is 0.407 e. The van der Waals surface area contributed by atoms with Gasteiger partial charge in [-0.25, -0.2) is 18.9 Å². The Hall–Kier alpha value is -4.20. The summed E-state index contributed by atoms with van der Waals surface area (Å²) in [6, 6.07) is 4.31. The van der Waals surface area contributed by atoms with Crippen LogP contribution in [0, 0.1) is 30.0 Å². The van der Waals surface area contributed by atoms with Crippen molar-refractivity contribution in [2.75, 3.05) is 10.6 Å². The van der Waals surface area contributed by atoms with E-state index in [4.69, 9.17) is 4.74 Å². The van der Waals surface area contributed by atoms with Gasteiger partial charge in [-0.15, -0.1) is 0 Å². The topological polar surface area (TPSA) is 130 Å². The molecule has 0 aliphatic heterocycles. The molecule has 2 atom stereocenters. The third-order valence-electron chi connectivity index (χ3n) is 6.30. The standard InChI is InChI=1S/C27H33FN8O2/c1-16-12-31-36(15-16)21-10-20(13-30-14-21)33-24-19(11-29)9-22(28)25(35-24)34-23(18-7-6-8-18)17(2)32-26(37)38-27(3,4)5/h9-10,12-15,17-18,23H,6-8H2,1-5H3,(H,32,37)(H2,33,34,35)/t17-,23-/m0/s1. The van der Waals surface area contributed by atoms with Gasteiger partial charge in [0.05, 0.1) is 41.6 Å². The third-order valence-corrected chi connectivity index (χ3v) is 6.30. The molecule has 4 rings (SSSR count). The Balaban J connectivity index is 1.57. The van der Waals surface area contributed by atoms with Crippen molar-refractivity contribution in [2.45, 2.75) is 71.6 Å². The first-order chi connectivity index (χ1) is 18.0. The SMILES string of the molecule is Cc1cnn(-c2cncc(Nc3nc(N[C@H](C4CCC4)[C@H](C)NC(=O)OC(C)(C)C)c(F)cc3C#N)c2)c1. The molecule has 3 heterocycles. The van der Waals surface area contributed by atoms with Crippen molar-refractivity contribution in [3.8, 4) is 11.8 Å². The van der Waals surface area contributed by atoms with Crippen molar-refractivity contribution in [2.24, 2.45) is 5.92 Å². The predicted molar refractivity (Wildman–Crippen MR) is 142 cm³/mol. The van der Waals surface area contributed by atoms with Gasteiger partial charge in [0.2, 0.25) is 0 Å². The Morgan fingerprint density at radius 3 is 2.61 bits per heavy atom. The van der Waals surface area contributed by atoms with Crippen LogP contribution in [-0.4, -0.2) is 43.5 Å². The van der Waals surface area contributed by atoms with Crippen LogP contribution in [0.2, 0.25) is 0 Å². The van der Waals surface area contributed by atoms with Gasteiger partial charge in [0.15, 0.2) is 17.5 Å². The van der Waals surface area contributed by atoms with Gasteiger partial charge in [-0.2, -0.15) is 10.4 Å². The van der Waals surface area contributed by atoms with Gasteiger partial charge < -0.3 is 20.7 Å². The minimum atomic E-state index is -0.653. The van der Waals surface area contributed by atoms with Crippen LogP contribution < -0.4 is 16.0 Å². The monoisotopic (exact) mass is 520 g/mol. The summed E-state index contributed by atoms with van der Waals surface area (Å²) in [4.78, 5) is 21.1. The van der Waals surface area contributed by atoms with E-state index in [0.717, 1.165) is 30.9 Å². The fraction of sp³-hybridized carbons (Fsp3) is 0.444. The average molecular weight is 521 g/mol. The maximum atomic E-state index is 15.1. The number of alkyl carbamates (subject to hydrolysis) is 1. The molecular formula is C27H33FN8O2. The van der Waals surface area contributed by atoms with Crippen LogP contribution in [-0.2, 0) is 4.74 Å². The summed E-state index contributed by atoms with van der Waals surface area (Å²) in [7, 11) is 0. The van der Waals surface area contributed by atoms with Crippen LogP contribution in [0.15, 0.2) is 36.9 Å². The number of nitrogens with zero attached hydrogens (tertiary/aromatic N) is 5. The van der Waals surface area contributed by atoms with Crippen LogP contribution in [0.1, 0.15) is 58.1 Å². The van der Waals surface area contributed by atoms with Crippen molar-refractivity contribution in [3.63, 3.8) is 0 Å². The lowest BCUT2D eigenvalue weighted by Gasteiger charge is -2.38. The van der Waals surface area contributed by atoms with E-state index < -0.39 is 17.5 Å². The molecule has 11 heteroatoms. The number of anilines is 3. The zero-order valence-electron chi connectivity index (χ0n) is 22.2. The molecule has 0 radical (unpaired) electrons. The Morgan fingerprint density at radius 2 is 2.00 bits per heavy atom. The van der Waals surface area contributed by atoms with Crippen molar-refractivity contribution in [3.05, 3.63) is 53.9 Å². The van der Waals surface area contributed by atoms with E-state index in [1.807, 2.05) is 32.2 Å². The molecule has 0 unspecified atom stereocenters. The number of hydrogen-bond donors (Lipinski definition) is 3. The van der Waals surface area contributed by atoms with Gasteiger partial charge in [-0.1, -0.05) is 6.42 Å². The molecule has 10 nitrogen and oxygen atoms in total. The fourth-order valence-electron chi connectivity index (χ4n) is 4.27. The molecule has 0 spiro atoms. The highest BCUT2D eigenvalue weighted by Gasteiger charge is 2.34. The number of rotatable bonds is 8. The summed E-state index contributed by atoms with van der Waals surface area (Å²) in [5.74, 6) is -0.244. The van der Waals surface area contributed by atoms with E-state index in [1.165, 1.54) is 0 Å². The van der Waals surface area contributed by atoms with Crippen molar-refractivity contribution < 1.29 is 13.9 Å². The molecule has 200 valence electrons. The summed E-state index contributed by atoms with van der Waals surface area (Å²) in [6.07, 6.45) is 9.29. The maximum Gasteiger partial charge on any atom is 0.407 e. The molecule has 0 saturated heterocycles. The van der Waals surface area contributed by atoms with Gasteiger partial charge in [-0.3, -0.25) is 4.98 Å². The van der Waals surface area contributed by atoms with Gasteiger partial charge in [0.1, 0.15) is 11.7 Å². The van der Waals surface area contributed by atoms with Gasteiger partial charge in [-0.05, 0) is 71.1 Å². The Bertz CT molecular complexity index is 1340. The number of nitrogens with one attached hydrogen (secondary N) is 3. The number of halogens is 1. The lowest BCUT2D eigenvalue weighted by molar-refractivity contribution is 0.0492. The molecule has 3 aromatic rings. The average Bonchev–Trinajstić information content (AvgIpc) is 3.24. The number of carbonyl (C=O) groups is 1. The molecular weight excluding hydrogens is 487 g/mol. The number of ether oxygens (including phenoxy) is 1. The number of nitriles is 1. The molecule has 38 heavy (non-hydrogen) atoms. The number of aromatic nitrogens is 4. The molecule has 3 aromatic heterocycles. The maximum absolute atomic E-state index is 15.1. The highest BCUT2D eigenvalue weighted by Crippen LogP contribution is 2.34. The first-order valence-corrected chi connectivity index (χ1v) is 12.6. The highest BCUT2D eigenvalue weighted by atomic mass is 19.1. The fourth-order valence-corrected chi connectivity index (χ4v) is 4.27. The van der Waals surface area contributed by atoms with E-state index in [0.29, 0.717) is 11.4 Å². The molecule has 1 aliphatic carbocycles. The lowest BCUT2D eigenvalue weighted by Crippen LogP contribution is -2.51. The van der Waals surface area contributed by atoms with E-state index in [1.54, 1.807) is 44.0 Å². The first-order valence-electron chi connectivity index (χ1n) is 12.6. The zero-order valence-corrected chi connectivity index (χ0v) is 22.2. The predicted octanol–water partition coefficient (Wildman–Crippen LogP) is 5.22. The van der Waals surface area contributed by atoms with Crippen LogP contribution in [0.3, 0.4) is 0 Å². The van der Waals surface area contributed by atoms with E-state index in [9.17, 15) is 10.1 Å². The number of pyridine rings is 2. The quantitative estimate of drug-likeness (QED) is 0.369. The van der Waals surface area contributed by atoms with Crippen molar-refractivity contribution >= 4 is 23.4 Å². The zero-order chi connectivity index (χ0) is 27.4. The second kappa shape index (κ2) is 11.0. The van der Waals surface area contributed by atoms with E-state index >= 15 is 4.39 Å². The summed E-state index contributed by atoms with van der Waals surface area (Å²) < 4.78 is 22.2. The van der Waals surface area contributed by atoms with Crippen molar-refractivity contribution in [1.29, 1.82) is 5.26 Å². The summed E-state index contributed by atoms with van der Waals surface area (Å²) in [5.41, 5.74) is 1.70. The number of amides is 1. The molecule has 1 fully saturated rings. The third kappa shape index (κ3) is 6.56. The van der Waals surface area contributed by atoms with Gasteiger partial charge in [0, 0.05) is 12.2 Å². The Kier molecular flexibility index (Phi) is 7.80. The Morgan fingerprint density at radius 1 is 1.24 bits per heavy atom. The molecule has 1 saturated carbocycles. The normalized spacial score (nSPS) is 15.1. The number of carbonyl (C=O) groups excluding carboxylic acids is 1. The minimum absolute atomic E-state index is 0.00643. The molecule has 0 bridgehead atoms. The van der Waals surface area contributed by atoms with Crippen LogP contribution in [0.4, 0.5) is 26.5 Å². The van der Waals surface area contributed by atoms with Crippen LogP contribution in [0.5, 0.6) is 0 Å². The lowest BCUT2D eigenvalue weighted by atomic mass is 9.77.